The first-order valence-electron chi connectivity index (χ1n) is 6.30. The number of hydrogen-bond acceptors (Lipinski definition) is 1. The van der Waals surface area contributed by atoms with Gasteiger partial charge in [0.1, 0.15) is 0 Å². The zero-order valence-corrected chi connectivity index (χ0v) is 9.59. The maximum atomic E-state index is 11.4. The Morgan fingerprint density at radius 1 is 1.20 bits per heavy atom. The van der Waals surface area contributed by atoms with Crippen molar-refractivity contribution in [1.29, 1.82) is 0 Å². The molecule has 2 atom stereocenters. The summed E-state index contributed by atoms with van der Waals surface area (Å²) in [5.74, 6) is 1.48. The van der Waals surface area contributed by atoms with Crippen LogP contribution in [0.1, 0.15) is 45.4 Å². The molecule has 2 amide bonds. The highest BCUT2D eigenvalue weighted by Crippen LogP contribution is 2.28. The Morgan fingerprint density at radius 2 is 1.93 bits per heavy atom. The maximum absolute atomic E-state index is 11.4. The average molecular weight is 210 g/mol. The molecule has 0 radical (unpaired) electrons. The molecule has 2 N–H and O–H groups in total. The van der Waals surface area contributed by atoms with E-state index < -0.39 is 0 Å². The van der Waals surface area contributed by atoms with E-state index in [0.717, 1.165) is 25.3 Å². The summed E-state index contributed by atoms with van der Waals surface area (Å²) in [6.45, 7) is 3.17. The van der Waals surface area contributed by atoms with Crippen molar-refractivity contribution in [2.24, 2.45) is 11.8 Å². The van der Waals surface area contributed by atoms with Crippen LogP contribution in [-0.4, -0.2) is 18.6 Å². The fourth-order valence-electron chi connectivity index (χ4n) is 2.38. The summed E-state index contributed by atoms with van der Waals surface area (Å²) in [7, 11) is 0. The lowest BCUT2D eigenvalue weighted by Crippen LogP contribution is -2.40. The number of urea groups is 1. The van der Waals surface area contributed by atoms with Crippen LogP contribution in [-0.2, 0) is 0 Å². The van der Waals surface area contributed by atoms with E-state index in [-0.39, 0.29) is 6.03 Å². The quantitative estimate of drug-likeness (QED) is 0.737. The van der Waals surface area contributed by atoms with E-state index in [1.165, 1.54) is 25.7 Å². The van der Waals surface area contributed by atoms with Crippen molar-refractivity contribution in [2.45, 2.75) is 51.5 Å². The van der Waals surface area contributed by atoms with Crippen molar-refractivity contribution in [3.63, 3.8) is 0 Å². The molecule has 0 spiro atoms. The van der Waals surface area contributed by atoms with Gasteiger partial charge in [-0.2, -0.15) is 0 Å². The van der Waals surface area contributed by atoms with Crippen LogP contribution in [0.15, 0.2) is 0 Å². The molecule has 2 aliphatic carbocycles. The van der Waals surface area contributed by atoms with Crippen LogP contribution < -0.4 is 10.6 Å². The third-order valence-corrected chi connectivity index (χ3v) is 3.73. The van der Waals surface area contributed by atoms with E-state index in [9.17, 15) is 4.79 Å². The summed E-state index contributed by atoms with van der Waals surface area (Å²) < 4.78 is 0. The molecule has 2 unspecified atom stereocenters. The number of rotatable bonds is 3. The van der Waals surface area contributed by atoms with Crippen molar-refractivity contribution in [3.05, 3.63) is 0 Å². The average Bonchev–Trinajstić information content (AvgIpc) is 3.00. The Bertz CT molecular complexity index is 226. The molecule has 2 saturated carbocycles. The van der Waals surface area contributed by atoms with Gasteiger partial charge in [0.2, 0.25) is 0 Å². The molecular formula is C12H22N2O. The van der Waals surface area contributed by atoms with Crippen molar-refractivity contribution in [3.8, 4) is 0 Å². The third kappa shape index (κ3) is 3.40. The predicted octanol–water partition coefficient (Wildman–Crippen LogP) is 2.27. The van der Waals surface area contributed by atoms with Gasteiger partial charge >= 0.3 is 6.03 Å². The summed E-state index contributed by atoms with van der Waals surface area (Å²) in [6.07, 6.45) is 7.63. The molecule has 0 saturated heterocycles. The zero-order valence-electron chi connectivity index (χ0n) is 9.59. The molecule has 3 heteroatoms. The summed E-state index contributed by atoms with van der Waals surface area (Å²) in [4.78, 5) is 11.4. The monoisotopic (exact) mass is 210 g/mol. The largest absolute Gasteiger partial charge is 0.338 e. The van der Waals surface area contributed by atoms with Crippen LogP contribution >= 0.6 is 0 Å². The van der Waals surface area contributed by atoms with Crippen molar-refractivity contribution in [1.82, 2.24) is 10.6 Å². The number of carbonyl (C=O) groups is 1. The Hall–Kier alpha value is -0.730. The molecule has 15 heavy (non-hydrogen) atoms. The van der Waals surface area contributed by atoms with Gasteiger partial charge in [0.15, 0.2) is 0 Å². The molecule has 2 fully saturated rings. The highest BCUT2D eigenvalue weighted by Gasteiger charge is 2.25. The van der Waals surface area contributed by atoms with Crippen LogP contribution in [0.4, 0.5) is 4.79 Å². The molecule has 0 aromatic heterocycles. The summed E-state index contributed by atoms with van der Waals surface area (Å²) in [5, 5.41) is 5.96. The van der Waals surface area contributed by atoms with Gasteiger partial charge in [-0.1, -0.05) is 26.2 Å². The Labute approximate surface area is 92.0 Å². The van der Waals surface area contributed by atoms with Crippen LogP contribution in [0.5, 0.6) is 0 Å². The normalized spacial score (nSPS) is 31.0. The van der Waals surface area contributed by atoms with Gasteiger partial charge in [-0.05, 0) is 31.1 Å². The van der Waals surface area contributed by atoms with Crippen LogP contribution in [0.3, 0.4) is 0 Å². The van der Waals surface area contributed by atoms with E-state index in [0.29, 0.717) is 12.0 Å². The second kappa shape index (κ2) is 4.86. The first kappa shape index (κ1) is 10.8. The standard InChI is InChI=1S/C12H22N2O/c1-9-4-2-3-5-10(9)8-13-12(15)14-11-6-7-11/h9-11H,2-8H2,1H3,(H2,13,14,15). The van der Waals surface area contributed by atoms with Gasteiger partial charge in [-0.3, -0.25) is 0 Å². The Morgan fingerprint density at radius 3 is 2.60 bits per heavy atom. The second-order valence-electron chi connectivity index (χ2n) is 5.15. The number of carbonyl (C=O) groups excluding carboxylic acids is 1. The fourth-order valence-corrected chi connectivity index (χ4v) is 2.38. The van der Waals surface area contributed by atoms with Crippen molar-refractivity contribution < 1.29 is 4.79 Å². The van der Waals surface area contributed by atoms with Gasteiger partial charge in [-0.15, -0.1) is 0 Å². The van der Waals surface area contributed by atoms with Crippen LogP contribution in [0.2, 0.25) is 0 Å². The lowest BCUT2D eigenvalue weighted by Gasteiger charge is -2.28. The maximum Gasteiger partial charge on any atom is 0.315 e. The minimum Gasteiger partial charge on any atom is -0.338 e. The summed E-state index contributed by atoms with van der Waals surface area (Å²) in [6, 6.07) is 0.504. The summed E-state index contributed by atoms with van der Waals surface area (Å²) in [5.41, 5.74) is 0. The second-order valence-corrected chi connectivity index (χ2v) is 5.15. The third-order valence-electron chi connectivity index (χ3n) is 3.73. The molecular weight excluding hydrogens is 188 g/mol. The predicted molar refractivity (Wildman–Crippen MR) is 60.7 cm³/mol. The molecule has 0 aromatic rings. The zero-order chi connectivity index (χ0) is 10.7. The summed E-state index contributed by atoms with van der Waals surface area (Å²) >= 11 is 0. The van der Waals surface area contributed by atoms with E-state index in [1.54, 1.807) is 0 Å². The lowest BCUT2D eigenvalue weighted by atomic mass is 9.80. The van der Waals surface area contributed by atoms with Gasteiger partial charge < -0.3 is 10.6 Å². The van der Waals surface area contributed by atoms with Gasteiger partial charge in [-0.25, -0.2) is 4.79 Å². The smallest absolute Gasteiger partial charge is 0.315 e. The molecule has 0 bridgehead atoms. The van der Waals surface area contributed by atoms with Gasteiger partial charge in [0.05, 0.1) is 0 Å². The topological polar surface area (TPSA) is 41.1 Å². The molecule has 0 heterocycles. The minimum absolute atomic E-state index is 0.0373. The number of amides is 2. The van der Waals surface area contributed by atoms with E-state index in [2.05, 4.69) is 17.6 Å². The lowest BCUT2D eigenvalue weighted by molar-refractivity contribution is 0.223. The van der Waals surface area contributed by atoms with Crippen LogP contribution in [0.25, 0.3) is 0 Å². The Balaban J connectivity index is 1.64. The SMILES string of the molecule is CC1CCCCC1CNC(=O)NC1CC1. The first-order chi connectivity index (χ1) is 7.25. The molecule has 2 aliphatic rings. The highest BCUT2D eigenvalue weighted by atomic mass is 16.2. The van der Waals surface area contributed by atoms with Gasteiger partial charge in [0.25, 0.3) is 0 Å². The van der Waals surface area contributed by atoms with E-state index in [4.69, 9.17) is 0 Å². The molecule has 0 aliphatic heterocycles. The first-order valence-corrected chi connectivity index (χ1v) is 6.30. The van der Waals surface area contributed by atoms with Crippen molar-refractivity contribution in [2.75, 3.05) is 6.54 Å². The van der Waals surface area contributed by atoms with E-state index >= 15 is 0 Å². The molecule has 3 nitrogen and oxygen atoms in total. The van der Waals surface area contributed by atoms with Crippen LogP contribution in [0, 0.1) is 11.8 Å². The van der Waals surface area contributed by atoms with Gasteiger partial charge in [0, 0.05) is 12.6 Å². The highest BCUT2D eigenvalue weighted by molar-refractivity contribution is 5.74. The number of hydrogen-bond donors (Lipinski definition) is 2. The minimum atomic E-state index is 0.0373. The Kier molecular flexibility index (Phi) is 3.49. The van der Waals surface area contributed by atoms with Crippen molar-refractivity contribution >= 4 is 6.03 Å². The molecule has 0 aromatic carbocycles. The van der Waals surface area contributed by atoms with E-state index in [1.807, 2.05) is 0 Å². The molecule has 86 valence electrons. The number of nitrogens with one attached hydrogen (secondary N) is 2. The fraction of sp³-hybridized carbons (Fsp3) is 0.917. The molecule has 2 rings (SSSR count).